The number of fused-ring (bicyclic) bond motifs is 1. The molecule has 1 N–H and O–H groups in total. The molecule has 7 heteroatoms. The van der Waals surface area contributed by atoms with Gasteiger partial charge in [0.2, 0.25) is 0 Å². The Bertz CT molecular complexity index is 965. The molecule has 0 atom stereocenters. The lowest BCUT2D eigenvalue weighted by molar-refractivity contribution is 0.0827. The quantitative estimate of drug-likeness (QED) is 0.552. The van der Waals surface area contributed by atoms with Gasteiger partial charge in [-0.05, 0) is 43.2 Å². The molecule has 30 heavy (non-hydrogen) atoms. The molecule has 3 rings (SSSR count). The molecule has 0 aliphatic carbocycles. The summed E-state index contributed by atoms with van der Waals surface area (Å²) in [6.07, 6.45) is 1.71. The van der Waals surface area contributed by atoms with Crippen molar-refractivity contribution in [3.05, 3.63) is 64.7 Å². The van der Waals surface area contributed by atoms with Gasteiger partial charge in [-0.2, -0.15) is 0 Å². The molecule has 1 heterocycles. The normalized spacial score (nSPS) is 10.8. The van der Waals surface area contributed by atoms with Gasteiger partial charge >= 0.3 is 6.03 Å². The van der Waals surface area contributed by atoms with E-state index in [2.05, 4.69) is 16.4 Å². The van der Waals surface area contributed by atoms with Gasteiger partial charge in [0.1, 0.15) is 0 Å². The zero-order valence-corrected chi connectivity index (χ0v) is 18.5. The average Bonchev–Trinajstić information content (AvgIpc) is 3.17. The lowest BCUT2D eigenvalue weighted by Crippen LogP contribution is -2.39. The summed E-state index contributed by atoms with van der Waals surface area (Å²) in [6.45, 7) is 3.70. The Hall–Kier alpha value is -2.93. The van der Waals surface area contributed by atoms with Gasteiger partial charge in [0.25, 0.3) is 5.91 Å². The zero-order chi connectivity index (χ0) is 21.5. The van der Waals surface area contributed by atoms with Crippen LogP contribution in [0.3, 0.4) is 0 Å². The second kappa shape index (κ2) is 10.2. The molecule has 6 nitrogen and oxygen atoms in total. The molecule has 0 saturated heterocycles. The lowest BCUT2D eigenvalue weighted by atomic mass is 10.1. The number of aromatic nitrogens is 1. The van der Waals surface area contributed by atoms with E-state index in [1.54, 1.807) is 47.4 Å². The van der Waals surface area contributed by atoms with E-state index in [9.17, 15) is 9.59 Å². The number of para-hydroxylation sites is 1. The molecule has 0 fully saturated rings. The van der Waals surface area contributed by atoms with Crippen LogP contribution in [-0.2, 0) is 13.0 Å². The number of hydrogen-bond acceptors (Lipinski definition) is 4. The molecule has 3 aromatic rings. The molecule has 158 valence electrons. The van der Waals surface area contributed by atoms with Crippen molar-refractivity contribution in [1.82, 2.24) is 20.1 Å². The Morgan fingerprint density at radius 2 is 1.80 bits per heavy atom. The highest BCUT2D eigenvalue weighted by molar-refractivity contribution is 7.18. The molecule has 0 radical (unpaired) electrons. The summed E-state index contributed by atoms with van der Waals surface area (Å²) in [5.41, 5.74) is 2.68. The van der Waals surface area contributed by atoms with Gasteiger partial charge < -0.3 is 15.1 Å². The molecule has 0 aliphatic heterocycles. The molecule has 1 aromatic heterocycles. The summed E-state index contributed by atoms with van der Waals surface area (Å²) in [5.74, 6) is -0.0280. The van der Waals surface area contributed by atoms with Gasteiger partial charge in [0.05, 0.1) is 15.2 Å². The minimum atomic E-state index is -0.0738. The SMILES string of the molecule is CCN(Cc1ccc(C(=O)N(C)C)cc1)C(=O)NCCCc1nc2ccccc2s1. The molecule has 0 saturated carbocycles. The third kappa shape index (κ3) is 5.57. The molecule has 2 aromatic carbocycles. The molecule has 0 unspecified atom stereocenters. The van der Waals surface area contributed by atoms with E-state index in [1.807, 2.05) is 37.3 Å². The summed E-state index contributed by atoms with van der Waals surface area (Å²) in [7, 11) is 3.46. The minimum Gasteiger partial charge on any atom is -0.345 e. The maximum Gasteiger partial charge on any atom is 0.317 e. The van der Waals surface area contributed by atoms with Crippen LogP contribution < -0.4 is 5.32 Å². The number of aryl methyl sites for hydroxylation is 1. The van der Waals surface area contributed by atoms with Crippen LogP contribution in [-0.4, -0.2) is 53.9 Å². The highest BCUT2D eigenvalue weighted by Crippen LogP contribution is 2.22. The first-order chi connectivity index (χ1) is 14.5. The van der Waals surface area contributed by atoms with Crippen LogP contribution in [0.5, 0.6) is 0 Å². The number of amides is 3. The number of nitrogens with one attached hydrogen (secondary N) is 1. The lowest BCUT2D eigenvalue weighted by Gasteiger charge is -2.21. The van der Waals surface area contributed by atoms with Crippen molar-refractivity contribution in [1.29, 1.82) is 0 Å². The van der Waals surface area contributed by atoms with Crippen LogP contribution in [0.15, 0.2) is 48.5 Å². The first-order valence-corrected chi connectivity index (χ1v) is 11.0. The third-order valence-electron chi connectivity index (χ3n) is 4.83. The fraction of sp³-hybridized carbons (Fsp3) is 0.348. The smallest absolute Gasteiger partial charge is 0.317 e. The first kappa shape index (κ1) is 21.8. The Kier molecular flexibility index (Phi) is 7.41. The van der Waals surface area contributed by atoms with Crippen molar-refractivity contribution in [3.63, 3.8) is 0 Å². The predicted octanol–water partition coefficient (Wildman–Crippen LogP) is 4.16. The number of carbonyl (C=O) groups is 2. The van der Waals surface area contributed by atoms with Gasteiger partial charge in [-0.3, -0.25) is 4.79 Å². The van der Waals surface area contributed by atoms with Crippen LogP contribution in [0.25, 0.3) is 10.2 Å². The van der Waals surface area contributed by atoms with E-state index in [4.69, 9.17) is 0 Å². The number of hydrogen-bond donors (Lipinski definition) is 1. The Morgan fingerprint density at radius 1 is 1.07 bits per heavy atom. The second-order valence-corrected chi connectivity index (χ2v) is 8.44. The van der Waals surface area contributed by atoms with Crippen molar-refractivity contribution in [2.75, 3.05) is 27.2 Å². The summed E-state index contributed by atoms with van der Waals surface area (Å²) in [5, 5.41) is 4.11. The van der Waals surface area contributed by atoms with Gasteiger partial charge in [-0.15, -0.1) is 11.3 Å². The fourth-order valence-electron chi connectivity index (χ4n) is 3.13. The molecule has 0 bridgehead atoms. The maximum absolute atomic E-state index is 12.5. The van der Waals surface area contributed by atoms with Crippen LogP contribution in [0, 0.1) is 0 Å². The van der Waals surface area contributed by atoms with Gasteiger partial charge in [0, 0.05) is 45.7 Å². The highest BCUT2D eigenvalue weighted by atomic mass is 32.1. The predicted molar refractivity (Wildman–Crippen MR) is 122 cm³/mol. The first-order valence-electron chi connectivity index (χ1n) is 10.2. The van der Waals surface area contributed by atoms with E-state index in [0.717, 1.165) is 28.9 Å². The topological polar surface area (TPSA) is 65.5 Å². The Balaban J connectivity index is 1.46. The van der Waals surface area contributed by atoms with Crippen LogP contribution in [0.2, 0.25) is 0 Å². The van der Waals surface area contributed by atoms with Gasteiger partial charge in [-0.25, -0.2) is 9.78 Å². The second-order valence-electron chi connectivity index (χ2n) is 7.32. The van der Waals surface area contributed by atoms with Crippen LogP contribution >= 0.6 is 11.3 Å². The average molecular weight is 425 g/mol. The molecule has 3 amide bonds. The Labute approximate surface area is 181 Å². The van der Waals surface area contributed by atoms with E-state index < -0.39 is 0 Å². The monoisotopic (exact) mass is 424 g/mol. The number of carbonyl (C=O) groups excluding carboxylic acids is 2. The standard InChI is InChI=1S/C23H28N4O2S/c1-4-27(16-17-11-13-18(14-12-17)22(28)26(2)3)23(29)24-15-7-10-21-25-19-8-5-6-9-20(19)30-21/h5-6,8-9,11-14H,4,7,10,15-16H2,1-3H3,(H,24,29). The molecule has 0 aliphatic rings. The molecular weight excluding hydrogens is 396 g/mol. The number of urea groups is 1. The molecular formula is C23H28N4O2S. The fourth-order valence-corrected chi connectivity index (χ4v) is 4.14. The molecule has 0 spiro atoms. The van der Waals surface area contributed by atoms with Crippen LogP contribution in [0.4, 0.5) is 4.79 Å². The number of thiazole rings is 1. The number of benzene rings is 2. The maximum atomic E-state index is 12.5. The van der Waals surface area contributed by atoms with E-state index in [-0.39, 0.29) is 11.9 Å². The number of rotatable bonds is 8. The summed E-state index contributed by atoms with van der Waals surface area (Å²) < 4.78 is 1.20. The summed E-state index contributed by atoms with van der Waals surface area (Å²) in [6, 6.07) is 15.5. The van der Waals surface area contributed by atoms with E-state index in [0.29, 0.717) is 25.2 Å². The summed E-state index contributed by atoms with van der Waals surface area (Å²) >= 11 is 1.71. The van der Waals surface area contributed by atoms with Gasteiger partial charge in [-0.1, -0.05) is 24.3 Å². The van der Waals surface area contributed by atoms with E-state index >= 15 is 0 Å². The van der Waals surface area contributed by atoms with E-state index in [1.165, 1.54) is 4.70 Å². The van der Waals surface area contributed by atoms with Crippen molar-refractivity contribution >= 4 is 33.5 Å². The largest absolute Gasteiger partial charge is 0.345 e. The minimum absolute atomic E-state index is 0.0280. The number of nitrogens with zero attached hydrogens (tertiary/aromatic N) is 3. The van der Waals surface area contributed by atoms with Crippen molar-refractivity contribution in [3.8, 4) is 0 Å². The van der Waals surface area contributed by atoms with Crippen LogP contribution in [0.1, 0.15) is 34.3 Å². The zero-order valence-electron chi connectivity index (χ0n) is 17.7. The van der Waals surface area contributed by atoms with Crippen molar-refractivity contribution in [2.24, 2.45) is 0 Å². The highest BCUT2D eigenvalue weighted by Gasteiger charge is 2.13. The van der Waals surface area contributed by atoms with Crippen molar-refractivity contribution in [2.45, 2.75) is 26.3 Å². The Morgan fingerprint density at radius 3 is 2.47 bits per heavy atom. The van der Waals surface area contributed by atoms with Crippen molar-refractivity contribution < 1.29 is 9.59 Å². The summed E-state index contributed by atoms with van der Waals surface area (Å²) in [4.78, 5) is 32.5. The van der Waals surface area contributed by atoms with Gasteiger partial charge in [0.15, 0.2) is 0 Å². The third-order valence-corrected chi connectivity index (χ3v) is 5.93.